The number of para-hydroxylation sites is 1. The van der Waals surface area contributed by atoms with Crippen LogP contribution >= 0.6 is 0 Å². The number of aryl methyl sites for hydroxylation is 1. The van der Waals surface area contributed by atoms with Gasteiger partial charge in [-0.3, -0.25) is 4.79 Å². The highest BCUT2D eigenvalue weighted by molar-refractivity contribution is 5.92. The molecule has 1 heterocycles. The van der Waals surface area contributed by atoms with E-state index in [-0.39, 0.29) is 11.9 Å². The van der Waals surface area contributed by atoms with Gasteiger partial charge in [-0.1, -0.05) is 31.0 Å². The van der Waals surface area contributed by atoms with Gasteiger partial charge in [0.2, 0.25) is 5.95 Å². The van der Waals surface area contributed by atoms with E-state index < -0.39 is 0 Å². The van der Waals surface area contributed by atoms with Crippen LogP contribution in [0, 0.1) is 6.92 Å². The number of hydrogen-bond acceptors (Lipinski definition) is 4. The van der Waals surface area contributed by atoms with Crippen LogP contribution in [0.3, 0.4) is 0 Å². The number of amides is 1. The molecule has 0 atom stereocenters. The normalized spacial score (nSPS) is 14.8. The van der Waals surface area contributed by atoms with Crippen LogP contribution in [0.1, 0.15) is 41.9 Å². The van der Waals surface area contributed by atoms with E-state index in [1.165, 1.54) is 12.8 Å². The standard InChI is InChI=1S/C17H20N4O/c1-12-11-15(16(22)19-13-9-5-6-10-13)21-17(18-12)20-14-7-3-2-4-8-14/h2-4,7-8,11,13H,5-6,9-10H2,1H3,(H,19,22)(H,18,20,21). The maximum absolute atomic E-state index is 12.3. The number of carbonyl (C=O) groups is 1. The molecule has 1 amide bonds. The van der Waals surface area contributed by atoms with Gasteiger partial charge in [-0.2, -0.15) is 0 Å². The second-order valence-electron chi connectivity index (χ2n) is 5.66. The molecule has 2 N–H and O–H groups in total. The molecule has 114 valence electrons. The van der Waals surface area contributed by atoms with Crippen LogP contribution in [0.15, 0.2) is 36.4 Å². The van der Waals surface area contributed by atoms with Gasteiger partial charge in [0.25, 0.3) is 5.91 Å². The fourth-order valence-corrected chi connectivity index (χ4v) is 2.72. The molecule has 22 heavy (non-hydrogen) atoms. The molecule has 0 saturated heterocycles. The third-order valence-electron chi connectivity index (χ3n) is 3.81. The Labute approximate surface area is 130 Å². The van der Waals surface area contributed by atoms with E-state index in [0.717, 1.165) is 24.2 Å². The molecular formula is C17H20N4O. The Morgan fingerprint density at radius 3 is 2.59 bits per heavy atom. The lowest BCUT2D eigenvalue weighted by Crippen LogP contribution is -2.33. The second kappa shape index (κ2) is 6.56. The van der Waals surface area contributed by atoms with E-state index in [0.29, 0.717) is 11.6 Å². The summed E-state index contributed by atoms with van der Waals surface area (Å²) in [6.45, 7) is 1.87. The molecule has 1 aliphatic carbocycles. The van der Waals surface area contributed by atoms with Gasteiger partial charge in [-0.25, -0.2) is 9.97 Å². The number of carbonyl (C=O) groups excluding carboxylic acids is 1. The molecule has 0 spiro atoms. The van der Waals surface area contributed by atoms with E-state index >= 15 is 0 Å². The SMILES string of the molecule is Cc1cc(C(=O)NC2CCCC2)nc(Nc2ccccc2)n1. The van der Waals surface area contributed by atoms with Crippen LogP contribution < -0.4 is 10.6 Å². The van der Waals surface area contributed by atoms with Crippen LogP contribution in [-0.4, -0.2) is 21.9 Å². The van der Waals surface area contributed by atoms with Gasteiger partial charge in [0, 0.05) is 17.4 Å². The molecule has 0 bridgehead atoms. The lowest BCUT2D eigenvalue weighted by atomic mass is 10.2. The Morgan fingerprint density at radius 1 is 1.14 bits per heavy atom. The molecule has 0 unspecified atom stereocenters. The van der Waals surface area contributed by atoms with Gasteiger partial charge < -0.3 is 10.6 Å². The first kappa shape index (κ1) is 14.5. The molecule has 2 aromatic rings. The minimum atomic E-state index is -0.117. The summed E-state index contributed by atoms with van der Waals surface area (Å²) in [7, 11) is 0. The summed E-state index contributed by atoms with van der Waals surface area (Å²) in [5.41, 5.74) is 2.08. The summed E-state index contributed by atoms with van der Waals surface area (Å²) in [5.74, 6) is 0.330. The van der Waals surface area contributed by atoms with Crippen molar-refractivity contribution in [1.82, 2.24) is 15.3 Å². The summed E-state index contributed by atoms with van der Waals surface area (Å²) in [4.78, 5) is 21.0. The fraction of sp³-hybridized carbons (Fsp3) is 0.353. The summed E-state index contributed by atoms with van der Waals surface area (Å²) in [6, 6.07) is 11.7. The Hall–Kier alpha value is -2.43. The zero-order valence-corrected chi connectivity index (χ0v) is 12.7. The molecular weight excluding hydrogens is 276 g/mol. The number of aromatic nitrogens is 2. The second-order valence-corrected chi connectivity index (χ2v) is 5.66. The van der Waals surface area contributed by atoms with Gasteiger partial charge in [-0.05, 0) is 38.0 Å². The average molecular weight is 296 g/mol. The third kappa shape index (κ3) is 3.61. The number of nitrogens with zero attached hydrogens (tertiary/aromatic N) is 2. The lowest BCUT2D eigenvalue weighted by molar-refractivity contribution is 0.0932. The summed E-state index contributed by atoms with van der Waals surface area (Å²) in [5, 5.41) is 6.19. The van der Waals surface area contributed by atoms with Crippen LogP contribution in [0.4, 0.5) is 11.6 Å². The molecule has 1 saturated carbocycles. The molecule has 5 nitrogen and oxygen atoms in total. The average Bonchev–Trinajstić information content (AvgIpc) is 3.00. The Bertz CT molecular complexity index is 651. The first-order chi connectivity index (χ1) is 10.7. The van der Waals surface area contributed by atoms with Crippen molar-refractivity contribution < 1.29 is 4.79 Å². The summed E-state index contributed by atoms with van der Waals surface area (Å²) in [6.07, 6.45) is 4.50. The number of nitrogens with one attached hydrogen (secondary N) is 2. The van der Waals surface area contributed by atoms with E-state index in [1.807, 2.05) is 37.3 Å². The van der Waals surface area contributed by atoms with Crippen LogP contribution in [0.2, 0.25) is 0 Å². The number of hydrogen-bond donors (Lipinski definition) is 2. The molecule has 1 aromatic heterocycles. The number of benzene rings is 1. The highest BCUT2D eigenvalue weighted by Gasteiger charge is 2.19. The first-order valence-corrected chi connectivity index (χ1v) is 7.69. The highest BCUT2D eigenvalue weighted by Crippen LogP contribution is 2.18. The smallest absolute Gasteiger partial charge is 0.270 e. The van der Waals surface area contributed by atoms with E-state index in [2.05, 4.69) is 20.6 Å². The maximum Gasteiger partial charge on any atom is 0.270 e. The quantitative estimate of drug-likeness (QED) is 0.909. The lowest BCUT2D eigenvalue weighted by Gasteiger charge is -2.12. The van der Waals surface area contributed by atoms with E-state index in [9.17, 15) is 4.79 Å². The monoisotopic (exact) mass is 296 g/mol. The van der Waals surface area contributed by atoms with Gasteiger partial charge >= 0.3 is 0 Å². The predicted octanol–water partition coefficient (Wildman–Crippen LogP) is 3.20. The largest absolute Gasteiger partial charge is 0.348 e. The minimum Gasteiger partial charge on any atom is -0.348 e. The van der Waals surface area contributed by atoms with E-state index in [4.69, 9.17) is 0 Å². The summed E-state index contributed by atoms with van der Waals surface area (Å²) >= 11 is 0. The third-order valence-corrected chi connectivity index (χ3v) is 3.81. The fourth-order valence-electron chi connectivity index (χ4n) is 2.72. The Morgan fingerprint density at radius 2 is 1.86 bits per heavy atom. The maximum atomic E-state index is 12.3. The molecule has 3 rings (SSSR count). The molecule has 1 fully saturated rings. The molecule has 0 aliphatic heterocycles. The molecule has 1 aliphatic rings. The summed E-state index contributed by atoms with van der Waals surface area (Å²) < 4.78 is 0. The highest BCUT2D eigenvalue weighted by atomic mass is 16.1. The Kier molecular flexibility index (Phi) is 4.32. The Balaban J connectivity index is 1.75. The van der Waals surface area contributed by atoms with Crippen molar-refractivity contribution in [3.8, 4) is 0 Å². The molecule has 5 heteroatoms. The van der Waals surface area contributed by atoms with Crippen LogP contribution in [-0.2, 0) is 0 Å². The zero-order chi connectivity index (χ0) is 15.4. The van der Waals surface area contributed by atoms with Crippen molar-refractivity contribution in [3.05, 3.63) is 47.8 Å². The van der Waals surface area contributed by atoms with Crippen molar-refractivity contribution in [2.24, 2.45) is 0 Å². The van der Waals surface area contributed by atoms with Crippen LogP contribution in [0.5, 0.6) is 0 Å². The molecule has 0 radical (unpaired) electrons. The van der Waals surface area contributed by atoms with E-state index in [1.54, 1.807) is 6.07 Å². The van der Waals surface area contributed by atoms with Crippen molar-refractivity contribution in [1.29, 1.82) is 0 Å². The minimum absolute atomic E-state index is 0.117. The van der Waals surface area contributed by atoms with Gasteiger partial charge in [0.1, 0.15) is 5.69 Å². The van der Waals surface area contributed by atoms with Crippen molar-refractivity contribution in [2.45, 2.75) is 38.6 Å². The van der Waals surface area contributed by atoms with Gasteiger partial charge in [0.05, 0.1) is 0 Å². The van der Waals surface area contributed by atoms with Crippen molar-refractivity contribution in [3.63, 3.8) is 0 Å². The zero-order valence-electron chi connectivity index (χ0n) is 12.7. The molecule has 1 aromatic carbocycles. The van der Waals surface area contributed by atoms with Crippen molar-refractivity contribution in [2.75, 3.05) is 5.32 Å². The number of anilines is 2. The predicted molar refractivity (Wildman–Crippen MR) is 86.2 cm³/mol. The first-order valence-electron chi connectivity index (χ1n) is 7.69. The van der Waals surface area contributed by atoms with Gasteiger partial charge in [0.15, 0.2) is 0 Å². The number of rotatable bonds is 4. The van der Waals surface area contributed by atoms with Crippen LogP contribution in [0.25, 0.3) is 0 Å². The van der Waals surface area contributed by atoms with Crippen molar-refractivity contribution >= 4 is 17.5 Å². The van der Waals surface area contributed by atoms with Gasteiger partial charge in [-0.15, -0.1) is 0 Å². The topological polar surface area (TPSA) is 66.9 Å².